The van der Waals surface area contributed by atoms with Gasteiger partial charge in [0.15, 0.2) is 0 Å². The predicted octanol–water partition coefficient (Wildman–Crippen LogP) is 2.54. The molecule has 0 bridgehead atoms. The van der Waals surface area contributed by atoms with E-state index in [2.05, 4.69) is 46.9 Å². The third-order valence-electron chi connectivity index (χ3n) is 1.39. The van der Waals surface area contributed by atoms with Crippen LogP contribution in [0.3, 0.4) is 0 Å². The van der Waals surface area contributed by atoms with Gasteiger partial charge < -0.3 is 0 Å². The molecule has 0 spiro atoms. The molecule has 0 saturated heterocycles. The Hall–Kier alpha value is -0.440. The van der Waals surface area contributed by atoms with Crippen LogP contribution < -0.4 is 0 Å². The van der Waals surface area contributed by atoms with E-state index >= 15 is 0 Å². The highest BCUT2D eigenvalue weighted by Crippen LogP contribution is 2.21. The molecular formula is C8H11BrN2. The van der Waals surface area contributed by atoms with Crippen LogP contribution in [0.15, 0.2) is 16.7 Å². The SMILES string of the molecule is CC(C)(C)c1cc(Br)cnn1. The Morgan fingerprint density at radius 1 is 1.36 bits per heavy atom. The summed E-state index contributed by atoms with van der Waals surface area (Å²) in [6.07, 6.45) is 1.69. The lowest BCUT2D eigenvalue weighted by molar-refractivity contribution is 0.558. The molecule has 11 heavy (non-hydrogen) atoms. The molecule has 1 aromatic heterocycles. The lowest BCUT2D eigenvalue weighted by Crippen LogP contribution is -2.13. The summed E-state index contributed by atoms with van der Waals surface area (Å²) < 4.78 is 0.984. The van der Waals surface area contributed by atoms with Crippen LogP contribution in [0.1, 0.15) is 26.5 Å². The normalized spacial score (nSPS) is 11.6. The minimum absolute atomic E-state index is 0.0801. The summed E-state index contributed by atoms with van der Waals surface area (Å²) in [5.74, 6) is 0. The van der Waals surface area contributed by atoms with E-state index in [1.54, 1.807) is 6.20 Å². The van der Waals surface area contributed by atoms with Gasteiger partial charge in [0.05, 0.1) is 11.9 Å². The number of halogens is 1. The third-order valence-corrected chi connectivity index (χ3v) is 1.82. The van der Waals surface area contributed by atoms with E-state index < -0.39 is 0 Å². The lowest BCUT2D eigenvalue weighted by Gasteiger charge is -2.16. The number of rotatable bonds is 0. The minimum Gasteiger partial charge on any atom is -0.158 e. The first-order valence-corrected chi connectivity index (χ1v) is 4.28. The molecule has 0 fully saturated rings. The standard InChI is InChI=1S/C8H11BrN2/c1-8(2,3)7-4-6(9)5-10-11-7/h4-5H,1-3H3. The van der Waals surface area contributed by atoms with Crippen LogP contribution in [0.2, 0.25) is 0 Å². The third kappa shape index (κ3) is 2.26. The van der Waals surface area contributed by atoms with Gasteiger partial charge in [-0.2, -0.15) is 10.2 Å². The fourth-order valence-corrected chi connectivity index (χ4v) is 1.02. The van der Waals surface area contributed by atoms with E-state index in [1.165, 1.54) is 0 Å². The zero-order chi connectivity index (χ0) is 8.48. The summed E-state index contributed by atoms with van der Waals surface area (Å²) in [5.41, 5.74) is 1.09. The van der Waals surface area contributed by atoms with Gasteiger partial charge in [-0.05, 0) is 22.0 Å². The van der Waals surface area contributed by atoms with Crippen molar-refractivity contribution in [3.8, 4) is 0 Å². The molecule has 0 unspecified atom stereocenters. The maximum absolute atomic E-state index is 4.03. The summed E-state index contributed by atoms with van der Waals surface area (Å²) in [7, 11) is 0. The van der Waals surface area contributed by atoms with Crippen molar-refractivity contribution in [1.82, 2.24) is 10.2 Å². The highest BCUT2D eigenvalue weighted by Gasteiger charge is 2.15. The minimum atomic E-state index is 0.0801. The molecule has 0 amide bonds. The van der Waals surface area contributed by atoms with Gasteiger partial charge in [0.1, 0.15) is 0 Å². The Morgan fingerprint density at radius 3 is 2.36 bits per heavy atom. The van der Waals surface area contributed by atoms with E-state index in [-0.39, 0.29) is 5.41 Å². The van der Waals surface area contributed by atoms with E-state index in [9.17, 15) is 0 Å². The van der Waals surface area contributed by atoms with Gasteiger partial charge in [-0.3, -0.25) is 0 Å². The first-order valence-electron chi connectivity index (χ1n) is 3.49. The van der Waals surface area contributed by atoms with Crippen molar-refractivity contribution in [2.24, 2.45) is 0 Å². The van der Waals surface area contributed by atoms with Crippen molar-refractivity contribution in [1.29, 1.82) is 0 Å². The molecule has 1 rings (SSSR count). The topological polar surface area (TPSA) is 25.8 Å². The molecule has 2 nitrogen and oxygen atoms in total. The second-order valence-corrected chi connectivity index (χ2v) is 4.42. The van der Waals surface area contributed by atoms with Gasteiger partial charge in [-0.15, -0.1) is 0 Å². The van der Waals surface area contributed by atoms with Crippen molar-refractivity contribution in [3.63, 3.8) is 0 Å². The van der Waals surface area contributed by atoms with Gasteiger partial charge in [0, 0.05) is 9.89 Å². The Labute approximate surface area is 75.2 Å². The van der Waals surface area contributed by atoms with E-state index in [0.29, 0.717) is 0 Å². The van der Waals surface area contributed by atoms with E-state index in [1.807, 2.05) is 6.07 Å². The summed E-state index contributed by atoms with van der Waals surface area (Å²) in [6.45, 7) is 6.34. The molecule has 1 heterocycles. The quantitative estimate of drug-likeness (QED) is 0.664. The van der Waals surface area contributed by atoms with Crippen LogP contribution in [0.4, 0.5) is 0 Å². The van der Waals surface area contributed by atoms with Crippen LogP contribution in [-0.2, 0) is 5.41 Å². The molecular weight excluding hydrogens is 204 g/mol. The lowest BCUT2D eigenvalue weighted by atomic mass is 9.92. The monoisotopic (exact) mass is 214 g/mol. The second-order valence-electron chi connectivity index (χ2n) is 3.51. The van der Waals surface area contributed by atoms with E-state index in [0.717, 1.165) is 10.2 Å². The average Bonchev–Trinajstić information content (AvgIpc) is 1.86. The highest BCUT2D eigenvalue weighted by molar-refractivity contribution is 9.10. The summed E-state index contributed by atoms with van der Waals surface area (Å²) in [4.78, 5) is 0. The Bertz CT molecular complexity index is 253. The maximum Gasteiger partial charge on any atom is 0.0695 e. The molecule has 0 aliphatic rings. The van der Waals surface area contributed by atoms with Crippen LogP contribution >= 0.6 is 15.9 Å². The molecule has 0 aliphatic carbocycles. The zero-order valence-electron chi connectivity index (χ0n) is 6.93. The fraction of sp³-hybridized carbons (Fsp3) is 0.500. The first kappa shape index (κ1) is 8.65. The van der Waals surface area contributed by atoms with E-state index in [4.69, 9.17) is 0 Å². The fourth-order valence-electron chi connectivity index (χ4n) is 0.709. The number of hydrogen-bond donors (Lipinski definition) is 0. The zero-order valence-corrected chi connectivity index (χ0v) is 8.51. The smallest absolute Gasteiger partial charge is 0.0695 e. The number of nitrogens with zero attached hydrogens (tertiary/aromatic N) is 2. The highest BCUT2D eigenvalue weighted by atomic mass is 79.9. The molecule has 60 valence electrons. The largest absolute Gasteiger partial charge is 0.158 e. The van der Waals surface area contributed by atoms with Crippen LogP contribution in [0, 0.1) is 0 Å². The predicted molar refractivity (Wildman–Crippen MR) is 48.4 cm³/mol. The average molecular weight is 215 g/mol. The van der Waals surface area contributed by atoms with Gasteiger partial charge >= 0.3 is 0 Å². The Balaban J connectivity index is 3.06. The molecule has 0 aromatic carbocycles. The summed E-state index contributed by atoms with van der Waals surface area (Å²) >= 11 is 3.35. The molecule has 0 aliphatic heterocycles. The summed E-state index contributed by atoms with van der Waals surface area (Å²) in [6, 6.07) is 1.99. The van der Waals surface area contributed by atoms with Crippen LogP contribution in [0.5, 0.6) is 0 Å². The van der Waals surface area contributed by atoms with Gasteiger partial charge in [-0.25, -0.2) is 0 Å². The Morgan fingerprint density at radius 2 is 2.00 bits per heavy atom. The van der Waals surface area contributed by atoms with Gasteiger partial charge in [0.25, 0.3) is 0 Å². The van der Waals surface area contributed by atoms with Crippen molar-refractivity contribution in [3.05, 3.63) is 22.4 Å². The summed E-state index contributed by atoms with van der Waals surface area (Å²) in [5, 5.41) is 7.88. The second kappa shape index (κ2) is 2.89. The molecule has 0 radical (unpaired) electrons. The number of hydrogen-bond acceptors (Lipinski definition) is 2. The van der Waals surface area contributed by atoms with Crippen molar-refractivity contribution in [2.45, 2.75) is 26.2 Å². The van der Waals surface area contributed by atoms with Gasteiger partial charge in [-0.1, -0.05) is 20.8 Å². The molecule has 1 aromatic rings. The van der Waals surface area contributed by atoms with Crippen LogP contribution in [0.25, 0.3) is 0 Å². The molecule has 0 N–H and O–H groups in total. The van der Waals surface area contributed by atoms with Crippen molar-refractivity contribution in [2.75, 3.05) is 0 Å². The van der Waals surface area contributed by atoms with Crippen molar-refractivity contribution < 1.29 is 0 Å². The maximum atomic E-state index is 4.03. The van der Waals surface area contributed by atoms with Crippen molar-refractivity contribution >= 4 is 15.9 Å². The molecule has 0 saturated carbocycles. The van der Waals surface area contributed by atoms with Crippen LogP contribution in [-0.4, -0.2) is 10.2 Å². The molecule has 3 heteroatoms. The number of aromatic nitrogens is 2. The molecule has 0 atom stereocenters. The van der Waals surface area contributed by atoms with Gasteiger partial charge in [0.2, 0.25) is 0 Å². The Kier molecular flexibility index (Phi) is 2.28. The first-order chi connectivity index (χ1) is 5.00.